The lowest BCUT2D eigenvalue weighted by Gasteiger charge is -2.33. The molecule has 3 heterocycles. The highest BCUT2D eigenvalue weighted by Crippen LogP contribution is 2.36. The number of carbonyl (C=O) groups is 1. The van der Waals surface area contributed by atoms with Gasteiger partial charge >= 0.3 is 0 Å². The zero-order chi connectivity index (χ0) is 15.1. The summed E-state index contributed by atoms with van der Waals surface area (Å²) in [5, 5.41) is 12.1. The van der Waals surface area contributed by atoms with Crippen LogP contribution in [0.15, 0.2) is 0 Å². The predicted octanol–water partition coefficient (Wildman–Crippen LogP) is 1.58. The van der Waals surface area contributed by atoms with Crippen LogP contribution < -0.4 is 10.0 Å². The number of hydrogen-bond acceptors (Lipinski definition) is 6. The quantitative estimate of drug-likeness (QED) is 0.842. The van der Waals surface area contributed by atoms with E-state index in [0.29, 0.717) is 25.9 Å². The second-order valence-corrected chi connectivity index (χ2v) is 6.84. The number of nitrogens with zero attached hydrogens (tertiary/aromatic N) is 3. The van der Waals surface area contributed by atoms with Crippen LogP contribution in [0, 0.1) is 26.7 Å². The first-order valence-corrected chi connectivity index (χ1v) is 7.99. The standard InChI is InChI=1S/C15H19N3O2S/c1-8-9(2)21-14-12(8)13(16-10(3)17-14)18-6-4-11(5-7-18)15(19)20/h11H,4-7H2,1-3H3,(H,19,20)/p-1. The van der Waals surface area contributed by atoms with E-state index >= 15 is 0 Å². The van der Waals surface area contributed by atoms with Gasteiger partial charge in [-0.3, -0.25) is 0 Å². The summed E-state index contributed by atoms with van der Waals surface area (Å²) in [5.74, 6) is 0.461. The molecule has 2 aromatic heterocycles. The Morgan fingerprint density at radius 2 is 1.90 bits per heavy atom. The molecule has 5 nitrogen and oxygen atoms in total. The molecular formula is C15H18N3O2S-. The van der Waals surface area contributed by atoms with E-state index < -0.39 is 5.97 Å². The summed E-state index contributed by atoms with van der Waals surface area (Å²) in [7, 11) is 0. The Labute approximate surface area is 127 Å². The van der Waals surface area contributed by atoms with Crippen LogP contribution in [0.4, 0.5) is 5.82 Å². The van der Waals surface area contributed by atoms with E-state index in [1.807, 2.05) is 6.92 Å². The third-order valence-electron chi connectivity index (χ3n) is 4.25. The van der Waals surface area contributed by atoms with E-state index in [1.54, 1.807) is 11.3 Å². The number of rotatable bonds is 2. The van der Waals surface area contributed by atoms with Crippen molar-refractivity contribution in [3.8, 4) is 0 Å². The van der Waals surface area contributed by atoms with Crippen molar-refractivity contribution in [3.63, 3.8) is 0 Å². The maximum Gasteiger partial charge on any atom is 0.141 e. The van der Waals surface area contributed by atoms with Crippen molar-refractivity contribution < 1.29 is 9.90 Å². The molecule has 112 valence electrons. The van der Waals surface area contributed by atoms with Crippen LogP contribution in [-0.2, 0) is 4.79 Å². The second-order valence-electron chi connectivity index (χ2n) is 5.64. The highest BCUT2D eigenvalue weighted by atomic mass is 32.1. The highest BCUT2D eigenvalue weighted by Gasteiger charge is 2.24. The summed E-state index contributed by atoms with van der Waals surface area (Å²) in [6, 6.07) is 0. The lowest BCUT2D eigenvalue weighted by molar-refractivity contribution is -0.312. The third-order valence-corrected chi connectivity index (χ3v) is 5.35. The lowest BCUT2D eigenvalue weighted by Crippen LogP contribution is -2.41. The molecule has 1 fully saturated rings. The minimum absolute atomic E-state index is 0.329. The molecule has 6 heteroatoms. The Kier molecular flexibility index (Phi) is 3.57. The Morgan fingerprint density at radius 1 is 1.24 bits per heavy atom. The molecule has 2 aromatic rings. The zero-order valence-corrected chi connectivity index (χ0v) is 13.3. The minimum atomic E-state index is -0.929. The van der Waals surface area contributed by atoms with Crippen molar-refractivity contribution in [1.82, 2.24) is 9.97 Å². The van der Waals surface area contributed by atoms with Crippen LogP contribution in [-0.4, -0.2) is 29.0 Å². The van der Waals surface area contributed by atoms with Gasteiger partial charge in [0.15, 0.2) is 0 Å². The predicted molar refractivity (Wildman–Crippen MR) is 81.6 cm³/mol. The fourth-order valence-electron chi connectivity index (χ4n) is 2.89. The molecule has 0 radical (unpaired) electrons. The summed E-state index contributed by atoms with van der Waals surface area (Å²) in [6.07, 6.45) is 1.24. The smallest absolute Gasteiger partial charge is 0.141 e. The topological polar surface area (TPSA) is 69.2 Å². The number of fused-ring (bicyclic) bond motifs is 1. The maximum absolute atomic E-state index is 11.0. The molecule has 1 aliphatic heterocycles. The molecule has 21 heavy (non-hydrogen) atoms. The molecule has 0 atom stereocenters. The van der Waals surface area contributed by atoms with Gasteiger partial charge in [-0.25, -0.2) is 9.97 Å². The fourth-order valence-corrected chi connectivity index (χ4v) is 3.96. The molecular weight excluding hydrogens is 286 g/mol. The zero-order valence-electron chi connectivity index (χ0n) is 12.5. The van der Waals surface area contributed by atoms with Crippen LogP contribution in [0.1, 0.15) is 29.1 Å². The van der Waals surface area contributed by atoms with E-state index in [0.717, 1.165) is 21.9 Å². The summed E-state index contributed by atoms with van der Waals surface area (Å²) in [6.45, 7) is 7.52. The van der Waals surface area contributed by atoms with Crippen LogP contribution in [0.3, 0.4) is 0 Å². The molecule has 0 N–H and O–H groups in total. The molecule has 0 saturated carbocycles. The lowest BCUT2D eigenvalue weighted by atomic mass is 9.97. The summed E-state index contributed by atoms with van der Waals surface area (Å²) in [4.78, 5) is 24.6. The number of hydrogen-bond donors (Lipinski definition) is 0. The molecule has 1 aliphatic rings. The van der Waals surface area contributed by atoms with Crippen molar-refractivity contribution in [1.29, 1.82) is 0 Å². The molecule has 1 saturated heterocycles. The molecule has 0 aromatic carbocycles. The SMILES string of the molecule is Cc1nc(N2CCC(C(=O)[O-])CC2)c2c(C)c(C)sc2n1. The molecule has 0 amide bonds. The average molecular weight is 304 g/mol. The Bertz CT molecular complexity index is 702. The van der Waals surface area contributed by atoms with Crippen LogP contribution in [0.2, 0.25) is 0 Å². The van der Waals surface area contributed by atoms with Crippen molar-refractivity contribution >= 4 is 33.3 Å². The number of carbonyl (C=O) groups excluding carboxylic acids is 1. The van der Waals surface area contributed by atoms with Crippen molar-refractivity contribution in [2.24, 2.45) is 5.92 Å². The van der Waals surface area contributed by atoms with Gasteiger partial charge in [-0.15, -0.1) is 11.3 Å². The van der Waals surface area contributed by atoms with Gasteiger partial charge in [0, 0.05) is 29.9 Å². The van der Waals surface area contributed by atoms with Crippen LogP contribution in [0.25, 0.3) is 10.2 Å². The molecule has 0 spiro atoms. The van der Waals surface area contributed by atoms with Crippen molar-refractivity contribution in [2.75, 3.05) is 18.0 Å². The van der Waals surface area contributed by atoms with Crippen molar-refractivity contribution in [2.45, 2.75) is 33.6 Å². The number of aliphatic carboxylic acids is 1. The number of anilines is 1. The Hall–Kier alpha value is -1.69. The number of carboxylic acids is 1. The number of aryl methyl sites for hydroxylation is 3. The van der Waals surface area contributed by atoms with Gasteiger partial charge in [-0.1, -0.05) is 0 Å². The largest absolute Gasteiger partial charge is 0.550 e. The first-order chi connectivity index (χ1) is 9.97. The summed E-state index contributed by atoms with van der Waals surface area (Å²) in [5.41, 5.74) is 1.23. The van der Waals surface area contributed by atoms with E-state index in [9.17, 15) is 9.90 Å². The first-order valence-electron chi connectivity index (χ1n) is 7.17. The van der Waals surface area contributed by atoms with Gasteiger partial charge in [-0.2, -0.15) is 0 Å². The number of piperidine rings is 1. The molecule has 3 rings (SSSR count). The van der Waals surface area contributed by atoms with Gasteiger partial charge < -0.3 is 14.8 Å². The maximum atomic E-state index is 11.0. The normalized spacial score (nSPS) is 16.6. The van der Waals surface area contributed by atoms with E-state index in [4.69, 9.17) is 0 Å². The number of thiophene rings is 1. The van der Waals surface area contributed by atoms with Gasteiger partial charge in [0.25, 0.3) is 0 Å². The van der Waals surface area contributed by atoms with Crippen LogP contribution >= 0.6 is 11.3 Å². The van der Waals surface area contributed by atoms with Gasteiger partial charge in [0.2, 0.25) is 0 Å². The first kappa shape index (κ1) is 14.3. The van der Waals surface area contributed by atoms with E-state index in [2.05, 4.69) is 28.7 Å². The monoisotopic (exact) mass is 304 g/mol. The highest BCUT2D eigenvalue weighted by molar-refractivity contribution is 7.18. The minimum Gasteiger partial charge on any atom is -0.550 e. The van der Waals surface area contributed by atoms with Gasteiger partial charge in [0.05, 0.1) is 5.39 Å². The van der Waals surface area contributed by atoms with Gasteiger partial charge in [-0.05, 0) is 39.2 Å². The van der Waals surface area contributed by atoms with Gasteiger partial charge in [0.1, 0.15) is 16.5 Å². The Balaban J connectivity index is 1.99. The second kappa shape index (κ2) is 5.26. The Morgan fingerprint density at radius 3 is 2.52 bits per heavy atom. The fraction of sp³-hybridized carbons (Fsp3) is 0.533. The van der Waals surface area contributed by atoms with Crippen molar-refractivity contribution in [3.05, 3.63) is 16.3 Å². The number of carboxylic acid groups (broad SMARTS) is 1. The van der Waals surface area contributed by atoms with E-state index in [1.165, 1.54) is 10.4 Å². The van der Waals surface area contributed by atoms with E-state index in [-0.39, 0.29) is 5.92 Å². The molecule has 0 aliphatic carbocycles. The molecule has 0 bridgehead atoms. The number of aromatic nitrogens is 2. The van der Waals surface area contributed by atoms with Crippen LogP contribution in [0.5, 0.6) is 0 Å². The average Bonchev–Trinajstić information content (AvgIpc) is 2.73. The summed E-state index contributed by atoms with van der Waals surface area (Å²) < 4.78 is 0. The third kappa shape index (κ3) is 2.48. The molecule has 0 unspecified atom stereocenters. The summed E-state index contributed by atoms with van der Waals surface area (Å²) >= 11 is 1.69.